The maximum Gasteiger partial charge on any atom is 0.231 e. The number of hydrogen-bond acceptors (Lipinski definition) is 3. The van der Waals surface area contributed by atoms with Crippen molar-refractivity contribution < 1.29 is 9.47 Å². The standard InChI is InChI=1S/C14H20BrNO2/c1-10(2)4-3-5-16-8-11-6-13-14(7-12(11)15)18-9-17-13/h6-7,10,16H,3-5,8-9H2,1-2H3. The summed E-state index contributed by atoms with van der Waals surface area (Å²) in [4.78, 5) is 0. The van der Waals surface area contributed by atoms with Crippen molar-refractivity contribution in [2.45, 2.75) is 33.2 Å². The number of nitrogens with one attached hydrogen (secondary N) is 1. The lowest BCUT2D eigenvalue weighted by molar-refractivity contribution is 0.174. The quantitative estimate of drug-likeness (QED) is 0.812. The van der Waals surface area contributed by atoms with Crippen LogP contribution >= 0.6 is 15.9 Å². The van der Waals surface area contributed by atoms with Gasteiger partial charge >= 0.3 is 0 Å². The molecule has 1 N–H and O–H groups in total. The highest BCUT2D eigenvalue weighted by molar-refractivity contribution is 9.10. The molecule has 0 aromatic heterocycles. The summed E-state index contributed by atoms with van der Waals surface area (Å²) in [6.45, 7) is 6.75. The van der Waals surface area contributed by atoms with Gasteiger partial charge in [-0.3, -0.25) is 0 Å². The van der Waals surface area contributed by atoms with Crippen molar-refractivity contribution >= 4 is 15.9 Å². The van der Waals surface area contributed by atoms with Gasteiger partial charge in [-0.1, -0.05) is 29.8 Å². The second-order valence-electron chi connectivity index (χ2n) is 5.01. The maximum absolute atomic E-state index is 5.38. The molecule has 0 aliphatic carbocycles. The Labute approximate surface area is 117 Å². The SMILES string of the molecule is CC(C)CCCNCc1cc2c(cc1Br)OCO2. The Bertz CT molecular complexity index is 407. The monoisotopic (exact) mass is 313 g/mol. The molecule has 0 saturated heterocycles. The van der Waals surface area contributed by atoms with Gasteiger partial charge in [0.05, 0.1) is 0 Å². The molecule has 0 spiro atoms. The van der Waals surface area contributed by atoms with E-state index in [1.807, 2.05) is 12.1 Å². The van der Waals surface area contributed by atoms with Crippen LogP contribution in [0.2, 0.25) is 0 Å². The Morgan fingerprint density at radius 2 is 2.00 bits per heavy atom. The number of hydrogen-bond donors (Lipinski definition) is 1. The van der Waals surface area contributed by atoms with Crippen LogP contribution in [0, 0.1) is 5.92 Å². The highest BCUT2D eigenvalue weighted by Crippen LogP contribution is 2.36. The number of rotatable bonds is 6. The third-order valence-electron chi connectivity index (χ3n) is 2.99. The van der Waals surface area contributed by atoms with Crippen molar-refractivity contribution in [3.05, 3.63) is 22.2 Å². The van der Waals surface area contributed by atoms with Gasteiger partial charge < -0.3 is 14.8 Å². The summed E-state index contributed by atoms with van der Waals surface area (Å²) in [5.41, 5.74) is 1.21. The van der Waals surface area contributed by atoms with E-state index in [0.717, 1.165) is 35.0 Å². The van der Waals surface area contributed by atoms with E-state index < -0.39 is 0 Å². The zero-order chi connectivity index (χ0) is 13.0. The molecule has 1 aliphatic rings. The predicted molar refractivity (Wildman–Crippen MR) is 76.0 cm³/mol. The van der Waals surface area contributed by atoms with Crippen molar-refractivity contribution in [2.75, 3.05) is 13.3 Å². The number of ether oxygens (including phenoxy) is 2. The lowest BCUT2D eigenvalue weighted by atomic mass is 10.1. The van der Waals surface area contributed by atoms with E-state index in [1.54, 1.807) is 0 Å². The molecule has 1 aliphatic heterocycles. The molecule has 2 rings (SSSR count). The fraction of sp³-hybridized carbons (Fsp3) is 0.571. The van der Waals surface area contributed by atoms with Crippen LogP contribution in [0.5, 0.6) is 11.5 Å². The summed E-state index contributed by atoms with van der Waals surface area (Å²) in [5, 5.41) is 3.46. The first-order valence-corrected chi connectivity index (χ1v) is 7.25. The molecule has 3 nitrogen and oxygen atoms in total. The minimum Gasteiger partial charge on any atom is -0.454 e. The van der Waals surface area contributed by atoms with Crippen LogP contribution in [-0.4, -0.2) is 13.3 Å². The van der Waals surface area contributed by atoms with Crippen molar-refractivity contribution in [1.82, 2.24) is 5.32 Å². The van der Waals surface area contributed by atoms with Gasteiger partial charge in [-0.2, -0.15) is 0 Å². The number of benzene rings is 1. The van der Waals surface area contributed by atoms with Crippen LogP contribution in [0.4, 0.5) is 0 Å². The van der Waals surface area contributed by atoms with E-state index in [1.165, 1.54) is 18.4 Å². The Morgan fingerprint density at radius 1 is 1.28 bits per heavy atom. The normalized spacial score (nSPS) is 13.3. The van der Waals surface area contributed by atoms with E-state index in [0.29, 0.717) is 6.79 Å². The molecule has 1 aromatic rings. The lowest BCUT2D eigenvalue weighted by Gasteiger charge is -2.09. The van der Waals surface area contributed by atoms with Gasteiger partial charge in [-0.05, 0) is 43.0 Å². The van der Waals surface area contributed by atoms with Gasteiger partial charge in [0.2, 0.25) is 6.79 Å². The average molecular weight is 314 g/mol. The number of halogens is 1. The van der Waals surface area contributed by atoms with Gasteiger partial charge in [-0.15, -0.1) is 0 Å². The first-order valence-electron chi connectivity index (χ1n) is 6.45. The van der Waals surface area contributed by atoms with Crippen LogP contribution < -0.4 is 14.8 Å². The first-order chi connectivity index (χ1) is 8.66. The molecule has 0 fully saturated rings. The molecule has 1 heterocycles. The molecule has 0 bridgehead atoms. The van der Waals surface area contributed by atoms with Gasteiger partial charge in [-0.25, -0.2) is 0 Å². The molecule has 0 amide bonds. The van der Waals surface area contributed by atoms with E-state index in [9.17, 15) is 0 Å². The van der Waals surface area contributed by atoms with E-state index in [4.69, 9.17) is 9.47 Å². The van der Waals surface area contributed by atoms with Crippen molar-refractivity contribution in [2.24, 2.45) is 5.92 Å². The Kier molecular flexibility index (Phi) is 4.89. The summed E-state index contributed by atoms with van der Waals surface area (Å²) >= 11 is 3.57. The minimum absolute atomic E-state index is 0.326. The lowest BCUT2D eigenvalue weighted by Crippen LogP contribution is -2.15. The molecular weight excluding hydrogens is 294 g/mol. The molecule has 0 saturated carbocycles. The summed E-state index contributed by atoms with van der Waals surface area (Å²) < 4.78 is 11.8. The van der Waals surface area contributed by atoms with Gasteiger partial charge in [0, 0.05) is 11.0 Å². The summed E-state index contributed by atoms with van der Waals surface area (Å²) in [6.07, 6.45) is 2.50. The summed E-state index contributed by atoms with van der Waals surface area (Å²) in [6, 6.07) is 4.02. The second-order valence-corrected chi connectivity index (χ2v) is 5.86. The predicted octanol–water partition coefficient (Wildman–Crippen LogP) is 3.70. The molecule has 100 valence electrons. The third-order valence-corrected chi connectivity index (χ3v) is 3.73. The zero-order valence-electron chi connectivity index (χ0n) is 11.0. The first kappa shape index (κ1) is 13.7. The van der Waals surface area contributed by atoms with E-state index in [-0.39, 0.29) is 0 Å². The van der Waals surface area contributed by atoms with Gasteiger partial charge in [0.15, 0.2) is 11.5 Å². The summed E-state index contributed by atoms with van der Waals surface area (Å²) in [5.74, 6) is 2.45. The van der Waals surface area contributed by atoms with E-state index in [2.05, 4.69) is 35.1 Å². The highest BCUT2D eigenvalue weighted by atomic mass is 79.9. The Balaban J connectivity index is 1.82. The average Bonchev–Trinajstić information content (AvgIpc) is 2.75. The van der Waals surface area contributed by atoms with Crippen LogP contribution in [0.15, 0.2) is 16.6 Å². The molecule has 0 radical (unpaired) electrons. The van der Waals surface area contributed by atoms with Crippen LogP contribution in [-0.2, 0) is 6.54 Å². The molecule has 18 heavy (non-hydrogen) atoms. The smallest absolute Gasteiger partial charge is 0.231 e. The fourth-order valence-corrected chi connectivity index (χ4v) is 2.42. The Morgan fingerprint density at radius 3 is 2.72 bits per heavy atom. The Hall–Kier alpha value is -0.740. The largest absolute Gasteiger partial charge is 0.454 e. The van der Waals surface area contributed by atoms with Crippen LogP contribution in [0.25, 0.3) is 0 Å². The van der Waals surface area contributed by atoms with Crippen LogP contribution in [0.1, 0.15) is 32.3 Å². The molecule has 0 unspecified atom stereocenters. The topological polar surface area (TPSA) is 30.5 Å². The summed E-state index contributed by atoms with van der Waals surface area (Å²) in [7, 11) is 0. The molecule has 1 aromatic carbocycles. The van der Waals surface area contributed by atoms with E-state index >= 15 is 0 Å². The van der Waals surface area contributed by atoms with Crippen molar-refractivity contribution in [1.29, 1.82) is 0 Å². The molecule has 4 heteroatoms. The van der Waals surface area contributed by atoms with Gasteiger partial charge in [0.1, 0.15) is 0 Å². The van der Waals surface area contributed by atoms with Crippen molar-refractivity contribution in [3.63, 3.8) is 0 Å². The van der Waals surface area contributed by atoms with Gasteiger partial charge in [0.25, 0.3) is 0 Å². The fourth-order valence-electron chi connectivity index (χ4n) is 1.95. The number of fused-ring (bicyclic) bond motifs is 1. The third kappa shape index (κ3) is 3.62. The molecular formula is C14H20BrNO2. The second kappa shape index (κ2) is 6.43. The minimum atomic E-state index is 0.326. The van der Waals surface area contributed by atoms with Crippen LogP contribution in [0.3, 0.4) is 0 Å². The maximum atomic E-state index is 5.38. The molecule has 0 atom stereocenters. The zero-order valence-corrected chi connectivity index (χ0v) is 12.5. The van der Waals surface area contributed by atoms with Crippen molar-refractivity contribution in [3.8, 4) is 11.5 Å². The highest BCUT2D eigenvalue weighted by Gasteiger charge is 2.15.